The monoisotopic (exact) mass is 279 g/mol. The summed E-state index contributed by atoms with van der Waals surface area (Å²) in [6.45, 7) is 0.234. The Balaban J connectivity index is 1.83. The average molecular weight is 279 g/mol. The van der Waals surface area contributed by atoms with E-state index in [4.69, 9.17) is 10.5 Å². The first-order chi connectivity index (χ1) is 9.60. The molecule has 1 atom stereocenters. The molecule has 2 rings (SSSR count). The highest BCUT2D eigenvalue weighted by Gasteiger charge is 2.31. The van der Waals surface area contributed by atoms with Gasteiger partial charge in [-0.15, -0.1) is 0 Å². The smallest absolute Gasteiger partial charge is 0.273 e. The van der Waals surface area contributed by atoms with E-state index in [9.17, 15) is 14.9 Å². The van der Waals surface area contributed by atoms with Crippen LogP contribution in [0.2, 0.25) is 0 Å². The van der Waals surface area contributed by atoms with Crippen molar-refractivity contribution in [3.63, 3.8) is 0 Å². The molecule has 7 heteroatoms. The Hall–Kier alpha value is -2.15. The molecule has 1 aliphatic carbocycles. The van der Waals surface area contributed by atoms with Crippen molar-refractivity contribution in [2.45, 2.75) is 18.9 Å². The largest absolute Gasteiger partial charge is 0.484 e. The van der Waals surface area contributed by atoms with E-state index in [1.807, 2.05) is 0 Å². The molecular weight excluding hydrogens is 262 g/mol. The van der Waals surface area contributed by atoms with Gasteiger partial charge < -0.3 is 15.8 Å². The highest BCUT2D eigenvalue weighted by molar-refractivity contribution is 5.78. The molecule has 0 aliphatic heterocycles. The molecular formula is C13H17N3O4. The van der Waals surface area contributed by atoms with Crippen LogP contribution in [-0.4, -0.2) is 30.0 Å². The SMILES string of the molecule is NCC(NC(=O)COc1cccc([N+](=O)[O-])c1)C1CC1. The predicted molar refractivity (Wildman–Crippen MR) is 72.3 cm³/mol. The van der Waals surface area contributed by atoms with Crippen molar-refractivity contribution in [1.29, 1.82) is 0 Å². The van der Waals surface area contributed by atoms with E-state index in [1.165, 1.54) is 18.2 Å². The summed E-state index contributed by atoms with van der Waals surface area (Å²) in [5.74, 6) is 0.505. The van der Waals surface area contributed by atoms with Crippen LogP contribution in [0, 0.1) is 16.0 Å². The van der Waals surface area contributed by atoms with Gasteiger partial charge in [-0.25, -0.2) is 0 Å². The van der Waals surface area contributed by atoms with E-state index >= 15 is 0 Å². The lowest BCUT2D eigenvalue weighted by molar-refractivity contribution is -0.384. The summed E-state index contributed by atoms with van der Waals surface area (Å²) in [5, 5.41) is 13.4. The fourth-order valence-electron chi connectivity index (χ4n) is 1.95. The Morgan fingerprint density at radius 2 is 2.30 bits per heavy atom. The van der Waals surface area contributed by atoms with Crippen molar-refractivity contribution >= 4 is 11.6 Å². The van der Waals surface area contributed by atoms with E-state index in [0.717, 1.165) is 12.8 Å². The number of nitrogens with one attached hydrogen (secondary N) is 1. The van der Waals surface area contributed by atoms with Gasteiger partial charge in [0.1, 0.15) is 5.75 Å². The number of amides is 1. The standard InChI is InChI=1S/C13H17N3O4/c14-7-12(9-4-5-9)15-13(17)8-20-11-3-1-2-10(6-11)16(18)19/h1-3,6,9,12H,4-5,7-8,14H2,(H,15,17). The second-order valence-electron chi connectivity index (χ2n) is 4.79. The number of ether oxygens (including phenoxy) is 1. The van der Waals surface area contributed by atoms with Crippen molar-refractivity contribution in [2.75, 3.05) is 13.2 Å². The van der Waals surface area contributed by atoms with Crippen LogP contribution in [0.5, 0.6) is 5.75 Å². The molecule has 0 heterocycles. The first-order valence-corrected chi connectivity index (χ1v) is 6.47. The van der Waals surface area contributed by atoms with Crippen LogP contribution in [0.15, 0.2) is 24.3 Å². The van der Waals surface area contributed by atoms with Crippen LogP contribution >= 0.6 is 0 Å². The van der Waals surface area contributed by atoms with Crippen LogP contribution in [0.25, 0.3) is 0 Å². The van der Waals surface area contributed by atoms with Crippen LogP contribution in [0.4, 0.5) is 5.69 Å². The van der Waals surface area contributed by atoms with Gasteiger partial charge in [-0.3, -0.25) is 14.9 Å². The molecule has 108 valence electrons. The molecule has 0 aromatic heterocycles. The molecule has 0 spiro atoms. The summed E-state index contributed by atoms with van der Waals surface area (Å²) >= 11 is 0. The Bertz CT molecular complexity index is 502. The van der Waals surface area contributed by atoms with Gasteiger partial charge >= 0.3 is 0 Å². The summed E-state index contributed by atoms with van der Waals surface area (Å²) < 4.78 is 5.25. The number of nitro benzene ring substituents is 1. The molecule has 1 aromatic rings. The fraction of sp³-hybridized carbons (Fsp3) is 0.462. The van der Waals surface area contributed by atoms with Crippen molar-refractivity contribution in [2.24, 2.45) is 11.7 Å². The number of nitrogens with two attached hydrogens (primary N) is 1. The molecule has 1 saturated carbocycles. The zero-order chi connectivity index (χ0) is 14.5. The van der Waals surface area contributed by atoms with E-state index in [-0.39, 0.29) is 24.2 Å². The zero-order valence-corrected chi connectivity index (χ0v) is 11.0. The molecule has 7 nitrogen and oxygen atoms in total. The molecule has 0 bridgehead atoms. The van der Waals surface area contributed by atoms with Crippen LogP contribution < -0.4 is 15.8 Å². The van der Waals surface area contributed by atoms with E-state index < -0.39 is 4.92 Å². The van der Waals surface area contributed by atoms with Crippen molar-refractivity contribution < 1.29 is 14.5 Å². The molecule has 1 fully saturated rings. The van der Waals surface area contributed by atoms with Crippen LogP contribution in [-0.2, 0) is 4.79 Å². The minimum atomic E-state index is -0.509. The summed E-state index contributed by atoms with van der Waals surface area (Å²) in [6, 6.07) is 5.73. The van der Waals surface area contributed by atoms with E-state index in [0.29, 0.717) is 18.2 Å². The number of carbonyl (C=O) groups is 1. The molecule has 1 aromatic carbocycles. The number of hydrogen-bond donors (Lipinski definition) is 2. The number of carbonyl (C=O) groups excluding carboxylic acids is 1. The number of rotatable bonds is 7. The molecule has 3 N–H and O–H groups in total. The second-order valence-corrected chi connectivity index (χ2v) is 4.79. The Morgan fingerprint density at radius 3 is 2.90 bits per heavy atom. The highest BCUT2D eigenvalue weighted by Crippen LogP contribution is 2.32. The van der Waals surface area contributed by atoms with E-state index in [2.05, 4.69) is 5.32 Å². The third kappa shape index (κ3) is 3.92. The number of non-ortho nitro benzene ring substituents is 1. The Labute approximate surface area is 116 Å². The maximum atomic E-state index is 11.7. The van der Waals surface area contributed by atoms with E-state index in [1.54, 1.807) is 6.07 Å². The van der Waals surface area contributed by atoms with Crippen molar-refractivity contribution in [1.82, 2.24) is 5.32 Å². The maximum Gasteiger partial charge on any atom is 0.273 e. The Morgan fingerprint density at radius 1 is 1.55 bits per heavy atom. The summed E-state index contributed by atoms with van der Waals surface area (Å²) in [6.07, 6.45) is 2.18. The molecule has 1 aliphatic rings. The number of nitro groups is 1. The first kappa shape index (κ1) is 14.3. The predicted octanol–water partition coefficient (Wildman–Crippen LogP) is 0.827. The van der Waals surface area contributed by atoms with Crippen LogP contribution in [0.3, 0.4) is 0 Å². The third-order valence-corrected chi connectivity index (χ3v) is 3.19. The molecule has 0 radical (unpaired) electrons. The average Bonchev–Trinajstić information content (AvgIpc) is 3.27. The molecule has 1 amide bonds. The van der Waals surface area contributed by atoms with Crippen LogP contribution in [0.1, 0.15) is 12.8 Å². The summed E-state index contributed by atoms with van der Waals surface area (Å²) in [5.41, 5.74) is 5.52. The van der Waals surface area contributed by atoms with Crippen molar-refractivity contribution in [3.05, 3.63) is 34.4 Å². The summed E-state index contributed by atoms with van der Waals surface area (Å²) in [7, 11) is 0. The molecule has 1 unspecified atom stereocenters. The minimum Gasteiger partial charge on any atom is -0.484 e. The quantitative estimate of drug-likeness (QED) is 0.567. The third-order valence-electron chi connectivity index (χ3n) is 3.19. The van der Waals surface area contributed by atoms with Gasteiger partial charge in [-0.05, 0) is 24.8 Å². The lowest BCUT2D eigenvalue weighted by atomic mass is 10.2. The van der Waals surface area contributed by atoms with Crippen molar-refractivity contribution in [3.8, 4) is 5.75 Å². The number of benzene rings is 1. The van der Waals surface area contributed by atoms with Gasteiger partial charge in [-0.2, -0.15) is 0 Å². The molecule has 0 saturated heterocycles. The highest BCUT2D eigenvalue weighted by atomic mass is 16.6. The number of hydrogen-bond acceptors (Lipinski definition) is 5. The Kier molecular flexibility index (Phi) is 4.52. The number of nitrogens with zero attached hydrogens (tertiary/aromatic N) is 1. The lowest BCUT2D eigenvalue weighted by Crippen LogP contribution is -2.43. The second kappa shape index (κ2) is 6.33. The van der Waals surface area contributed by atoms with Gasteiger partial charge in [-0.1, -0.05) is 6.07 Å². The maximum absolute atomic E-state index is 11.7. The first-order valence-electron chi connectivity index (χ1n) is 6.47. The fourth-order valence-corrected chi connectivity index (χ4v) is 1.95. The van der Waals surface area contributed by atoms with Gasteiger partial charge in [0, 0.05) is 18.7 Å². The summed E-state index contributed by atoms with van der Waals surface area (Å²) in [4.78, 5) is 21.8. The topological polar surface area (TPSA) is 107 Å². The zero-order valence-electron chi connectivity index (χ0n) is 11.0. The normalized spacial score (nSPS) is 15.4. The molecule has 20 heavy (non-hydrogen) atoms. The van der Waals surface area contributed by atoms with Gasteiger partial charge in [0.25, 0.3) is 11.6 Å². The van der Waals surface area contributed by atoms with Gasteiger partial charge in [0.2, 0.25) is 0 Å². The minimum absolute atomic E-state index is 0.00351. The lowest BCUT2D eigenvalue weighted by Gasteiger charge is -2.16. The van der Waals surface area contributed by atoms with Gasteiger partial charge in [0.15, 0.2) is 6.61 Å². The van der Waals surface area contributed by atoms with Gasteiger partial charge in [0.05, 0.1) is 11.0 Å².